The van der Waals surface area contributed by atoms with Crippen LogP contribution in [0.5, 0.6) is 0 Å². The van der Waals surface area contributed by atoms with Gasteiger partial charge in [-0.25, -0.2) is 0 Å². The fourth-order valence-corrected chi connectivity index (χ4v) is 1.10. The summed E-state index contributed by atoms with van der Waals surface area (Å²) in [6.07, 6.45) is 0.233. The third kappa shape index (κ3) is 16.8. The van der Waals surface area contributed by atoms with Crippen molar-refractivity contribution in [3.63, 3.8) is 0 Å². The minimum atomic E-state index is -0.367. The van der Waals surface area contributed by atoms with E-state index >= 15 is 0 Å². The SMILES string of the molecule is C=NOCCOCCOCCOCCOCCC(N)=O. The van der Waals surface area contributed by atoms with Crippen molar-refractivity contribution in [2.75, 3.05) is 59.5 Å². The largest absolute Gasteiger partial charge is 0.394 e. The number of rotatable bonds is 16. The Morgan fingerprint density at radius 3 is 1.60 bits per heavy atom. The van der Waals surface area contributed by atoms with E-state index < -0.39 is 0 Å². The van der Waals surface area contributed by atoms with Crippen LogP contribution < -0.4 is 5.73 Å². The van der Waals surface area contributed by atoms with Crippen molar-refractivity contribution in [3.8, 4) is 0 Å². The smallest absolute Gasteiger partial charge is 0.219 e. The first kappa shape index (κ1) is 18.8. The van der Waals surface area contributed by atoms with Crippen molar-refractivity contribution in [1.29, 1.82) is 0 Å². The number of carbonyl (C=O) groups excluding carboxylic acids is 1. The van der Waals surface area contributed by atoms with Crippen LogP contribution in [-0.4, -0.2) is 72.1 Å². The molecule has 20 heavy (non-hydrogen) atoms. The first-order valence-electron chi connectivity index (χ1n) is 6.44. The molecule has 0 fully saturated rings. The molecule has 0 aromatic carbocycles. The highest BCUT2D eigenvalue weighted by atomic mass is 16.6. The molecule has 0 spiro atoms. The Labute approximate surface area is 119 Å². The van der Waals surface area contributed by atoms with Crippen molar-refractivity contribution in [2.24, 2.45) is 10.9 Å². The van der Waals surface area contributed by atoms with Gasteiger partial charge in [-0.3, -0.25) is 4.79 Å². The molecule has 0 aliphatic heterocycles. The highest BCUT2D eigenvalue weighted by molar-refractivity contribution is 5.73. The number of nitrogens with zero attached hydrogens (tertiary/aromatic N) is 1. The number of primary amides is 1. The monoisotopic (exact) mass is 292 g/mol. The van der Waals surface area contributed by atoms with Crippen molar-refractivity contribution in [2.45, 2.75) is 6.42 Å². The summed E-state index contributed by atoms with van der Waals surface area (Å²) < 4.78 is 20.8. The third-order valence-corrected chi connectivity index (χ3v) is 2.02. The second kappa shape index (κ2) is 15.8. The fraction of sp³-hybridized carbons (Fsp3) is 0.833. The number of amides is 1. The van der Waals surface area contributed by atoms with E-state index in [-0.39, 0.29) is 12.3 Å². The van der Waals surface area contributed by atoms with Crippen molar-refractivity contribution >= 4 is 12.6 Å². The summed E-state index contributed by atoms with van der Waals surface area (Å²) in [5.41, 5.74) is 4.96. The Kier molecular flexibility index (Phi) is 14.9. The molecule has 0 saturated heterocycles. The molecule has 118 valence electrons. The number of carbonyl (C=O) groups is 1. The van der Waals surface area contributed by atoms with Crippen molar-refractivity contribution in [3.05, 3.63) is 0 Å². The predicted molar refractivity (Wildman–Crippen MR) is 72.6 cm³/mol. The van der Waals surface area contributed by atoms with E-state index in [9.17, 15) is 4.79 Å². The van der Waals surface area contributed by atoms with E-state index in [1.54, 1.807) is 0 Å². The van der Waals surface area contributed by atoms with Gasteiger partial charge in [-0.2, -0.15) is 0 Å². The lowest BCUT2D eigenvalue weighted by Gasteiger charge is -2.07. The molecular formula is C12H24N2O6. The molecule has 0 saturated carbocycles. The van der Waals surface area contributed by atoms with E-state index in [4.69, 9.17) is 24.7 Å². The number of ether oxygens (including phenoxy) is 4. The normalized spacial score (nSPS) is 10.4. The Morgan fingerprint density at radius 2 is 1.20 bits per heavy atom. The molecule has 8 heteroatoms. The first-order valence-corrected chi connectivity index (χ1v) is 6.44. The van der Waals surface area contributed by atoms with Crippen molar-refractivity contribution < 1.29 is 28.6 Å². The second-order valence-electron chi connectivity index (χ2n) is 3.63. The Balaban J connectivity index is 2.95. The van der Waals surface area contributed by atoms with E-state index in [0.29, 0.717) is 59.5 Å². The van der Waals surface area contributed by atoms with Crippen LogP contribution in [0.3, 0.4) is 0 Å². The Bertz CT molecular complexity index is 240. The number of hydrogen-bond acceptors (Lipinski definition) is 7. The second-order valence-corrected chi connectivity index (χ2v) is 3.63. The van der Waals surface area contributed by atoms with Crippen LogP contribution in [0.4, 0.5) is 0 Å². The summed E-state index contributed by atoms with van der Waals surface area (Å²) in [5, 5.41) is 3.23. The summed E-state index contributed by atoms with van der Waals surface area (Å²) in [6.45, 7) is 7.24. The average Bonchev–Trinajstić information content (AvgIpc) is 2.43. The van der Waals surface area contributed by atoms with Gasteiger partial charge < -0.3 is 29.5 Å². The summed E-state index contributed by atoms with van der Waals surface area (Å²) >= 11 is 0. The van der Waals surface area contributed by atoms with Crippen LogP contribution in [0.15, 0.2) is 5.16 Å². The van der Waals surface area contributed by atoms with Gasteiger partial charge in [0.1, 0.15) is 6.61 Å². The maximum absolute atomic E-state index is 10.4. The van der Waals surface area contributed by atoms with Crippen LogP contribution in [0.2, 0.25) is 0 Å². The van der Waals surface area contributed by atoms with E-state index in [1.807, 2.05) is 0 Å². The van der Waals surface area contributed by atoms with Crippen LogP contribution in [0.25, 0.3) is 0 Å². The van der Waals surface area contributed by atoms with Gasteiger partial charge in [0.05, 0.1) is 52.9 Å². The van der Waals surface area contributed by atoms with Crippen LogP contribution in [-0.2, 0) is 28.6 Å². The maximum Gasteiger partial charge on any atom is 0.219 e. The zero-order valence-corrected chi connectivity index (χ0v) is 11.8. The molecular weight excluding hydrogens is 268 g/mol. The summed E-state index contributed by atoms with van der Waals surface area (Å²) in [6, 6.07) is 0. The van der Waals surface area contributed by atoms with Gasteiger partial charge >= 0.3 is 0 Å². The molecule has 0 bridgehead atoms. The lowest BCUT2D eigenvalue weighted by molar-refractivity contribution is -0.119. The standard InChI is InChI=1S/C12H24N2O6/c1-14-20-11-10-19-9-8-18-7-6-17-5-4-16-3-2-12(13)15/h1-11H2,(H2,13,15). The Morgan fingerprint density at radius 1 is 0.800 bits per heavy atom. The van der Waals surface area contributed by atoms with Crippen molar-refractivity contribution in [1.82, 2.24) is 0 Å². The lowest BCUT2D eigenvalue weighted by Crippen LogP contribution is -2.15. The molecule has 0 aromatic heterocycles. The van der Waals surface area contributed by atoms with Gasteiger partial charge in [0.25, 0.3) is 0 Å². The molecule has 0 atom stereocenters. The minimum absolute atomic E-state index is 0.233. The molecule has 0 heterocycles. The quantitative estimate of drug-likeness (QED) is 0.235. The third-order valence-electron chi connectivity index (χ3n) is 2.02. The summed E-state index contributed by atoms with van der Waals surface area (Å²) in [5.74, 6) is -0.367. The van der Waals surface area contributed by atoms with Gasteiger partial charge in [-0.1, -0.05) is 0 Å². The first-order chi connectivity index (χ1) is 9.77. The van der Waals surface area contributed by atoms with Crippen LogP contribution in [0, 0.1) is 0 Å². The Hall–Kier alpha value is -1.22. The van der Waals surface area contributed by atoms with Crippen LogP contribution in [0.1, 0.15) is 6.42 Å². The van der Waals surface area contributed by atoms with E-state index in [1.165, 1.54) is 0 Å². The highest BCUT2D eigenvalue weighted by Crippen LogP contribution is 1.85. The molecule has 0 unspecified atom stereocenters. The van der Waals surface area contributed by atoms with Gasteiger partial charge in [0.15, 0.2) is 0 Å². The zero-order valence-electron chi connectivity index (χ0n) is 11.8. The molecule has 0 radical (unpaired) electrons. The lowest BCUT2D eigenvalue weighted by atomic mass is 10.4. The average molecular weight is 292 g/mol. The molecule has 2 N–H and O–H groups in total. The van der Waals surface area contributed by atoms with Gasteiger partial charge in [-0.05, 0) is 0 Å². The number of hydrogen-bond donors (Lipinski definition) is 1. The molecule has 8 nitrogen and oxygen atoms in total. The minimum Gasteiger partial charge on any atom is -0.394 e. The molecule has 1 amide bonds. The van der Waals surface area contributed by atoms with Gasteiger partial charge in [0.2, 0.25) is 5.91 Å². The topological polar surface area (TPSA) is 102 Å². The van der Waals surface area contributed by atoms with Crippen LogP contribution >= 0.6 is 0 Å². The van der Waals surface area contributed by atoms with Gasteiger partial charge in [-0.15, -0.1) is 5.16 Å². The maximum atomic E-state index is 10.4. The zero-order chi connectivity index (χ0) is 14.9. The number of nitrogens with two attached hydrogens (primary N) is 1. The van der Waals surface area contributed by atoms with Gasteiger partial charge in [0, 0.05) is 13.1 Å². The molecule has 0 rings (SSSR count). The molecule has 0 aliphatic carbocycles. The van der Waals surface area contributed by atoms with E-state index in [0.717, 1.165) is 0 Å². The molecule has 0 aromatic rings. The highest BCUT2D eigenvalue weighted by Gasteiger charge is 1.95. The summed E-state index contributed by atoms with van der Waals surface area (Å²) in [7, 11) is 0. The predicted octanol–water partition coefficient (Wildman–Crippen LogP) is -0.440. The fourth-order valence-electron chi connectivity index (χ4n) is 1.10. The molecule has 0 aliphatic rings. The number of oxime groups is 1. The summed E-state index contributed by atoms with van der Waals surface area (Å²) in [4.78, 5) is 15.0. The van der Waals surface area contributed by atoms with E-state index in [2.05, 4.69) is 16.7 Å².